The van der Waals surface area contributed by atoms with Crippen molar-refractivity contribution < 1.29 is 31.1 Å². The molecule has 5 nitrogen and oxygen atoms in total. The summed E-state index contributed by atoms with van der Waals surface area (Å²) in [6, 6.07) is 13.0. The van der Waals surface area contributed by atoms with Gasteiger partial charge in [0.05, 0.1) is 23.1 Å². The number of benzene rings is 2. The molecule has 0 radical (unpaired) electrons. The quantitative estimate of drug-likeness (QED) is 0.271. The van der Waals surface area contributed by atoms with E-state index in [2.05, 4.69) is 15.3 Å². The summed E-state index contributed by atoms with van der Waals surface area (Å²) in [7, 11) is 0. The second-order valence-electron chi connectivity index (χ2n) is 7.91. The van der Waals surface area contributed by atoms with E-state index in [0.717, 1.165) is 30.3 Å². The van der Waals surface area contributed by atoms with Crippen LogP contribution in [0, 0.1) is 17.5 Å². The van der Waals surface area contributed by atoms with Gasteiger partial charge in [-0.2, -0.15) is 13.2 Å². The number of imidazole rings is 1. The van der Waals surface area contributed by atoms with E-state index >= 15 is 0 Å². The van der Waals surface area contributed by atoms with E-state index in [4.69, 9.17) is 0 Å². The standard InChI is InChI=1S/C26H14F6N4O/c27-14-6-8-15(9-7-14)34-25(37)23-18(26(30,31)32)10-11-20(35-23)16-4-2-12-36-21(13-33-24(16)36)17-3-1-5-19(28)22(17)29/h1-13H,(H,34,37). The number of nitrogens with zero attached hydrogens (tertiary/aromatic N) is 3. The fourth-order valence-electron chi connectivity index (χ4n) is 3.85. The summed E-state index contributed by atoms with van der Waals surface area (Å²) in [5.41, 5.74) is -1.54. The maximum Gasteiger partial charge on any atom is 0.418 e. The summed E-state index contributed by atoms with van der Waals surface area (Å²) in [4.78, 5) is 21.0. The van der Waals surface area contributed by atoms with Crippen molar-refractivity contribution in [1.29, 1.82) is 0 Å². The molecule has 5 rings (SSSR count). The van der Waals surface area contributed by atoms with E-state index in [1.54, 1.807) is 0 Å². The van der Waals surface area contributed by atoms with Crippen molar-refractivity contribution in [2.75, 3.05) is 5.32 Å². The first kappa shape index (κ1) is 24.0. The van der Waals surface area contributed by atoms with Crippen LogP contribution < -0.4 is 5.32 Å². The summed E-state index contributed by atoms with van der Waals surface area (Å²) in [6.45, 7) is 0. The summed E-state index contributed by atoms with van der Waals surface area (Å²) >= 11 is 0. The number of halogens is 6. The average molecular weight is 512 g/mol. The van der Waals surface area contributed by atoms with Crippen LogP contribution in [0.15, 0.2) is 79.1 Å². The number of fused-ring (bicyclic) bond motifs is 1. The van der Waals surface area contributed by atoms with Gasteiger partial charge in [-0.15, -0.1) is 0 Å². The molecule has 11 heteroatoms. The largest absolute Gasteiger partial charge is 0.418 e. The minimum atomic E-state index is -4.89. The Kier molecular flexibility index (Phi) is 5.90. The van der Waals surface area contributed by atoms with Crippen molar-refractivity contribution in [2.45, 2.75) is 6.18 Å². The fraction of sp³-hybridized carbons (Fsp3) is 0.0385. The highest BCUT2D eigenvalue weighted by atomic mass is 19.4. The lowest BCUT2D eigenvalue weighted by molar-refractivity contribution is -0.138. The molecule has 0 fully saturated rings. The van der Waals surface area contributed by atoms with Crippen LogP contribution in [0.4, 0.5) is 32.0 Å². The monoisotopic (exact) mass is 512 g/mol. The summed E-state index contributed by atoms with van der Waals surface area (Å²) in [5, 5.41) is 2.28. The number of aromatic nitrogens is 3. The van der Waals surface area contributed by atoms with Crippen molar-refractivity contribution >= 4 is 17.2 Å². The molecule has 3 aromatic heterocycles. The molecule has 1 amide bonds. The second kappa shape index (κ2) is 9.08. The van der Waals surface area contributed by atoms with E-state index in [-0.39, 0.29) is 33.8 Å². The minimum Gasteiger partial charge on any atom is -0.321 e. The summed E-state index contributed by atoms with van der Waals surface area (Å²) < 4.78 is 83.9. The fourth-order valence-corrected chi connectivity index (χ4v) is 3.85. The van der Waals surface area contributed by atoms with Crippen molar-refractivity contribution in [3.8, 4) is 22.5 Å². The SMILES string of the molecule is O=C(Nc1ccc(F)cc1)c1nc(-c2cccn3c(-c4cccc(F)c4F)cnc23)ccc1C(F)(F)F. The molecule has 1 N–H and O–H groups in total. The number of carbonyl (C=O) groups excluding carboxylic acids is 1. The molecular formula is C26H14F6N4O. The number of amides is 1. The first-order valence-corrected chi connectivity index (χ1v) is 10.7. The molecule has 37 heavy (non-hydrogen) atoms. The van der Waals surface area contributed by atoms with Gasteiger partial charge >= 0.3 is 6.18 Å². The Hall–Kier alpha value is -4.67. The van der Waals surface area contributed by atoms with Gasteiger partial charge in [-0.25, -0.2) is 23.1 Å². The number of anilines is 1. The van der Waals surface area contributed by atoms with Gasteiger partial charge in [0, 0.05) is 23.0 Å². The van der Waals surface area contributed by atoms with Crippen LogP contribution in [-0.4, -0.2) is 20.3 Å². The molecule has 186 valence electrons. The molecule has 5 aromatic rings. The maximum atomic E-state index is 14.4. The molecule has 0 saturated carbocycles. The zero-order valence-corrected chi connectivity index (χ0v) is 18.5. The number of pyridine rings is 2. The van der Waals surface area contributed by atoms with E-state index in [9.17, 15) is 31.1 Å². The zero-order valence-electron chi connectivity index (χ0n) is 18.5. The third kappa shape index (κ3) is 4.51. The van der Waals surface area contributed by atoms with Crippen LogP contribution in [0.3, 0.4) is 0 Å². The summed E-state index contributed by atoms with van der Waals surface area (Å²) in [5.74, 6) is -3.87. The first-order chi connectivity index (χ1) is 17.6. The van der Waals surface area contributed by atoms with E-state index < -0.39 is 40.8 Å². The molecule has 0 aliphatic carbocycles. The van der Waals surface area contributed by atoms with Gasteiger partial charge < -0.3 is 5.32 Å². The van der Waals surface area contributed by atoms with Gasteiger partial charge in [-0.3, -0.25) is 9.20 Å². The number of hydrogen-bond acceptors (Lipinski definition) is 3. The Morgan fingerprint density at radius 3 is 2.32 bits per heavy atom. The lowest BCUT2D eigenvalue weighted by atomic mass is 10.1. The third-order valence-corrected chi connectivity index (χ3v) is 5.56. The highest BCUT2D eigenvalue weighted by molar-refractivity contribution is 6.04. The number of nitrogens with one attached hydrogen (secondary N) is 1. The molecule has 0 unspecified atom stereocenters. The highest BCUT2D eigenvalue weighted by Crippen LogP contribution is 2.35. The van der Waals surface area contributed by atoms with Gasteiger partial charge in [0.1, 0.15) is 17.2 Å². The van der Waals surface area contributed by atoms with Gasteiger partial charge in [0.15, 0.2) is 11.6 Å². The zero-order chi connectivity index (χ0) is 26.3. The van der Waals surface area contributed by atoms with E-state index in [1.165, 1.54) is 53.2 Å². The van der Waals surface area contributed by atoms with Crippen LogP contribution in [0.5, 0.6) is 0 Å². The highest BCUT2D eigenvalue weighted by Gasteiger charge is 2.36. The van der Waals surface area contributed by atoms with Crippen LogP contribution in [-0.2, 0) is 6.18 Å². The lowest BCUT2D eigenvalue weighted by Gasteiger charge is -2.14. The van der Waals surface area contributed by atoms with Gasteiger partial charge in [-0.05, 0) is 60.7 Å². The Bertz CT molecular complexity index is 1640. The first-order valence-electron chi connectivity index (χ1n) is 10.7. The molecule has 0 aliphatic rings. The van der Waals surface area contributed by atoms with Crippen LogP contribution >= 0.6 is 0 Å². The van der Waals surface area contributed by atoms with Gasteiger partial charge in [0.2, 0.25) is 0 Å². The van der Waals surface area contributed by atoms with Crippen molar-refractivity contribution in [3.05, 3.63) is 108 Å². The third-order valence-electron chi connectivity index (χ3n) is 5.56. The molecule has 3 heterocycles. The van der Waals surface area contributed by atoms with Crippen LogP contribution in [0.25, 0.3) is 28.2 Å². The van der Waals surface area contributed by atoms with E-state index in [1.807, 2.05) is 0 Å². The molecule has 0 atom stereocenters. The topological polar surface area (TPSA) is 59.3 Å². The molecule has 0 bridgehead atoms. The van der Waals surface area contributed by atoms with Crippen LogP contribution in [0.1, 0.15) is 16.1 Å². The van der Waals surface area contributed by atoms with E-state index in [0.29, 0.717) is 0 Å². The predicted molar refractivity (Wildman–Crippen MR) is 123 cm³/mol. The molecule has 0 saturated heterocycles. The van der Waals surface area contributed by atoms with Crippen molar-refractivity contribution in [3.63, 3.8) is 0 Å². The Balaban J connectivity index is 1.61. The minimum absolute atomic E-state index is 0.0141. The number of rotatable bonds is 4. The second-order valence-corrected chi connectivity index (χ2v) is 7.91. The Labute approximate surface area is 205 Å². The predicted octanol–water partition coefficient (Wildman–Crippen LogP) is 6.75. The molecular weight excluding hydrogens is 498 g/mol. The van der Waals surface area contributed by atoms with Crippen LogP contribution in [0.2, 0.25) is 0 Å². The molecule has 0 spiro atoms. The average Bonchev–Trinajstić information content (AvgIpc) is 3.30. The number of carbonyl (C=O) groups is 1. The van der Waals surface area contributed by atoms with Crippen molar-refractivity contribution in [2.24, 2.45) is 0 Å². The van der Waals surface area contributed by atoms with Crippen molar-refractivity contribution in [1.82, 2.24) is 14.4 Å². The maximum absolute atomic E-state index is 14.4. The normalized spacial score (nSPS) is 11.6. The van der Waals surface area contributed by atoms with Gasteiger partial charge in [-0.1, -0.05) is 6.07 Å². The summed E-state index contributed by atoms with van der Waals surface area (Å²) in [6.07, 6.45) is -2.07. The van der Waals surface area contributed by atoms with Gasteiger partial charge in [0.25, 0.3) is 5.91 Å². The Morgan fingerprint density at radius 2 is 1.59 bits per heavy atom. The smallest absolute Gasteiger partial charge is 0.321 e. The Morgan fingerprint density at radius 1 is 0.865 bits per heavy atom. The number of alkyl halides is 3. The number of hydrogen-bond donors (Lipinski definition) is 1. The molecule has 0 aliphatic heterocycles. The molecule has 2 aromatic carbocycles. The lowest BCUT2D eigenvalue weighted by Crippen LogP contribution is -2.21.